The van der Waals surface area contributed by atoms with Crippen LogP contribution in [-0.4, -0.2) is 9.78 Å². The van der Waals surface area contributed by atoms with Crippen LogP contribution in [0.4, 0.5) is 0 Å². The van der Waals surface area contributed by atoms with Gasteiger partial charge < -0.3 is 0 Å². The van der Waals surface area contributed by atoms with Gasteiger partial charge in [0.05, 0.1) is 12.2 Å². The molecule has 0 spiro atoms. The van der Waals surface area contributed by atoms with Crippen LogP contribution in [0.25, 0.3) is 0 Å². The van der Waals surface area contributed by atoms with Gasteiger partial charge in [0.2, 0.25) is 0 Å². The Balaban J connectivity index is 2.38. The number of rotatable bonds is 4. The lowest BCUT2D eigenvalue weighted by molar-refractivity contribution is 0.630. The van der Waals surface area contributed by atoms with Crippen LogP contribution in [0.1, 0.15) is 29.7 Å². The normalized spacial score (nSPS) is 12.7. The van der Waals surface area contributed by atoms with E-state index in [1.807, 2.05) is 49.1 Å². The van der Waals surface area contributed by atoms with Crippen molar-refractivity contribution in [3.8, 4) is 0 Å². The molecule has 18 heavy (non-hydrogen) atoms. The van der Waals surface area contributed by atoms with Crippen molar-refractivity contribution in [3.05, 3.63) is 52.3 Å². The van der Waals surface area contributed by atoms with Gasteiger partial charge in [0.25, 0.3) is 0 Å². The van der Waals surface area contributed by atoms with Crippen LogP contribution < -0.4 is 11.3 Å². The Kier molecular flexibility index (Phi) is 4.01. The van der Waals surface area contributed by atoms with E-state index in [0.717, 1.165) is 23.2 Å². The molecule has 2 aromatic rings. The van der Waals surface area contributed by atoms with E-state index < -0.39 is 0 Å². The fourth-order valence-corrected chi connectivity index (χ4v) is 2.28. The Bertz CT molecular complexity index is 536. The lowest BCUT2D eigenvalue weighted by Gasteiger charge is -2.16. The molecular formula is C13H17ClN4. The largest absolute Gasteiger partial charge is 0.273 e. The van der Waals surface area contributed by atoms with Gasteiger partial charge in [-0.3, -0.25) is 10.5 Å². The van der Waals surface area contributed by atoms with E-state index >= 15 is 0 Å². The van der Waals surface area contributed by atoms with Gasteiger partial charge in [-0.2, -0.15) is 5.10 Å². The van der Waals surface area contributed by atoms with E-state index in [4.69, 9.17) is 17.4 Å². The Morgan fingerprint density at radius 3 is 2.83 bits per heavy atom. The summed E-state index contributed by atoms with van der Waals surface area (Å²) in [6.45, 7) is 4.88. The van der Waals surface area contributed by atoms with Crippen molar-refractivity contribution in [2.24, 2.45) is 5.84 Å². The number of aryl methyl sites for hydroxylation is 2. The average molecular weight is 265 g/mol. The molecule has 5 heteroatoms. The highest BCUT2D eigenvalue weighted by Gasteiger charge is 2.17. The Morgan fingerprint density at radius 1 is 1.50 bits per heavy atom. The first-order chi connectivity index (χ1) is 8.65. The number of hydrogen-bond acceptors (Lipinski definition) is 3. The molecule has 1 unspecified atom stereocenters. The van der Waals surface area contributed by atoms with Crippen LogP contribution in [0.15, 0.2) is 30.6 Å². The summed E-state index contributed by atoms with van der Waals surface area (Å²) in [7, 11) is 0. The Labute approximate surface area is 112 Å². The van der Waals surface area contributed by atoms with Crippen molar-refractivity contribution in [2.45, 2.75) is 26.4 Å². The number of nitrogens with one attached hydrogen (secondary N) is 1. The molecule has 0 aliphatic heterocycles. The zero-order chi connectivity index (χ0) is 13.1. The first kappa shape index (κ1) is 13.1. The highest BCUT2D eigenvalue weighted by atomic mass is 35.5. The molecule has 0 saturated heterocycles. The zero-order valence-corrected chi connectivity index (χ0v) is 11.3. The predicted molar refractivity (Wildman–Crippen MR) is 73.3 cm³/mol. The van der Waals surface area contributed by atoms with Crippen LogP contribution in [0.3, 0.4) is 0 Å². The van der Waals surface area contributed by atoms with Gasteiger partial charge in [-0.25, -0.2) is 5.43 Å². The molecule has 2 rings (SSSR count). The summed E-state index contributed by atoms with van der Waals surface area (Å²) in [4.78, 5) is 0. The molecule has 1 aromatic heterocycles. The van der Waals surface area contributed by atoms with Gasteiger partial charge in [-0.15, -0.1) is 0 Å². The van der Waals surface area contributed by atoms with E-state index in [2.05, 4.69) is 10.5 Å². The molecule has 0 bridgehead atoms. The van der Waals surface area contributed by atoms with E-state index in [9.17, 15) is 0 Å². The fraction of sp³-hybridized carbons (Fsp3) is 0.308. The maximum Gasteiger partial charge on any atom is 0.0755 e. The first-order valence-corrected chi connectivity index (χ1v) is 6.28. The van der Waals surface area contributed by atoms with Gasteiger partial charge in [0, 0.05) is 23.3 Å². The third kappa shape index (κ3) is 2.56. The Hall–Kier alpha value is -1.36. The SMILES string of the molecule is CCn1cc(C(NN)c2ccc(C)cc2Cl)cn1. The smallest absolute Gasteiger partial charge is 0.0755 e. The fourth-order valence-electron chi connectivity index (χ4n) is 1.93. The van der Waals surface area contributed by atoms with Crippen LogP contribution in [0.2, 0.25) is 5.02 Å². The number of benzene rings is 1. The van der Waals surface area contributed by atoms with E-state index in [1.54, 1.807) is 0 Å². The van der Waals surface area contributed by atoms with Crippen molar-refractivity contribution in [3.63, 3.8) is 0 Å². The summed E-state index contributed by atoms with van der Waals surface area (Å²) in [5, 5.41) is 4.96. The summed E-state index contributed by atoms with van der Waals surface area (Å²) >= 11 is 6.27. The van der Waals surface area contributed by atoms with Crippen LogP contribution >= 0.6 is 11.6 Å². The van der Waals surface area contributed by atoms with E-state index in [0.29, 0.717) is 5.02 Å². The Morgan fingerprint density at radius 2 is 2.28 bits per heavy atom. The molecule has 0 amide bonds. The monoisotopic (exact) mass is 264 g/mol. The number of nitrogens with two attached hydrogens (primary N) is 1. The van der Waals surface area contributed by atoms with Gasteiger partial charge in [-0.05, 0) is 31.0 Å². The number of hydrogen-bond donors (Lipinski definition) is 2. The summed E-state index contributed by atoms with van der Waals surface area (Å²) in [5.74, 6) is 5.65. The molecule has 1 heterocycles. The lowest BCUT2D eigenvalue weighted by atomic mass is 10.0. The maximum absolute atomic E-state index is 6.27. The van der Waals surface area contributed by atoms with Gasteiger partial charge >= 0.3 is 0 Å². The first-order valence-electron chi connectivity index (χ1n) is 5.90. The van der Waals surface area contributed by atoms with Crippen molar-refractivity contribution in [2.75, 3.05) is 0 Å². The standard InChI is InChI=1S/C13H17ClN4/c1-3-18-8-10(7-16-18)13(17-15)11-5-4-9(2)6-12(11)14/h4-8,13,17H,3,15H2,1-2H3. The number of hydrazine groups is 1. The summed E-state index contributed by atoms with van der Waals surface area (Å²) in [6, 6.07) is 5.81. The minimum absolute atomic E-state index is 0.140. The molecule has 96 valence electrons. The maximum atomic E-state index is 6.27. The molecule has 0 saturated carbocycles. The second-order valence-corrected chi connectivity index (χ2v) is 4.66. The van der Waals surface area contributed by atoms with Crippen molar-refractivity contribution in [1.82, 2.24) is 15.2 Å². The molecule has 0 fully saturated rings. The summed E-state index contributed by atoms with van der Waals surface area (Å²) < 4.78 is 1.86. The third-order valence-corrected chi connectivity index (χ3v) is 3.27. The molecule has 0 radical (unpaired) electrons. The van der Waals surface area contributed by atoms with Crippen LogP contribution in [0, 0.1) is 6.92 Å². The van der Waals surface area contributed by atoms with E-state index in [-0.39, 0.29) is 6.04 Å². The van der Waals surface area contributed by atoms with Crippen LogP contribution in [-0.2, 0) is 6.54 Å². The second kappa shape index (κ2) is 5.52. The topological polar surface area (TPSA) is 55.9 Å². The van der Waals surface area contributed by atoms with E-state index in [1.165, 1.54) is 0 Å². The quantitative estimate of drug-likeness (QED) is 0.659. The molecule has 3 N–H and O–H groups in total. The highest BCUT2D eigenvalue weighted by Crippen LogP contribution is 2.28. The molecule has 0 aliphatic carbocycles. The lowest BCUT2D eigenvalue weighted by Crippen LogP contribution is -2.28. The summed E-state index contributed by atoms with van der Waals surface area (Å²) in [5.41, 5.74) is 5.89. The molecular weight excluding hydrogens is 248 g/mol. The number of halogens is 1. The van der Waals surface area contributed by atoms with Gasteiger partial charge in [-0.1, -0.05) is 23.7 Å². The zero-order valence-electron chi connectivity index (χ0n) is 10.5. The predicted octanol–water partition coefficient (Wildman–Crippen LogP) is 2.42. The molecule has 0 aliphatic rings. The minimum atomic E-state index is -0.140. The average Bonchev–Trinajstić information content (AvgIpc) is 2.81. The van der Waals surface area contributed by atoms with Gasteiger partial charge in [0.15, 0.2) is 0 Å². The van der Waals surface area contributed by atoms with Gasteiger partial charge in [0.1, 0.15) is 0 Å². The number of aromatic nitrogens is 2. The van der Waals surface area contributed by atoms with Crippen molar-refractivity contribution < 1.29 is 0 Å². The third-order valence-electron chi connectivity index (χ3n) is 2.94. The highest BCUT2D eigenvalue weighted by molar-refractivity contribution is 6.31. The minimum Gasteiger partial charge on any atom is -0.273 e. The van der Waals surface area contributed by atoms with Crippen LogP contribution in [0.5, 0.6) is 0 Å². The molecule has 1 atom stereocenters. The number of nitrogens with zero attached hydrogens (tertiary/aromatic N) is 2. The van der Waals surface area contributed by atoms with Crippen molar-refractivity contribution >= 4 is 11.6 Å². The molecule has 1 aromatic carbocycles. The molecule has 4 nitrogen and oxygen atoms in total. The summed E-state index contributed by atoms with van der Waals surface area (Å²) in [6.07, 6.45) is 3.78. The van der Waals surface area contributed by atoms with Crippen molar-refractivity contribution in [1.29, 1.82) is 0 Å². The second-order valence-electron chi connectivity index (χ2n) is 4.25.